The van der Waals surface area contributed by atoms with Crippen molar-refractivity contribution in [2.24, 2.45) is 16.3 Å². The summed E-state index contributed by atoms with van der Waals surface area (Å²) in [6, 6.07) is 7.05. The number of carbonyl (C=O) groups is 1. The van der Waals surface area contributed by atoms with Crippen LogP contribution in [-0.2, 0) is 36.8 Å². The second kappa shape index (κ2) is 13.6. The second-order valence-electron chi connectivity index (χ2n) is 18.0. The molecule has 0 radical (unpaired) electrons. The topological polar surface area (TPSA) is 60.4 Å². The molecular formula is C38H64N2O4SSi2. The molecule has 0 aromatic heterocycles. The summed E-state index contributed by atoms with van der Waals surface area (Å²) >= 11 is 1.71. The Kier molecular flexibility index (Phi) is 10.8. The highest BCUT2D eigenvalue weighted by Gasteiger charge is 2.66. The van der Waals surface area contributed by atoms with E-state index in [9.17, 15) is 0 Å². The number of amidine groups is 1. The van der Waals surface area contributed by atoms with E-state index >= 15 is 4.79 Å². The first kappa shape index (κ1) is 37.3. The fourth-order valence-corrected chi connectivity index (χ4v) is 10.5. The van der Waals surface area contributed by atoms with Gasteiger partial charge in [-0.3, -0.25) is 9.69 Å². The predicted molar refractivity (Wildman–Crippen MR) is 202 cm³/mol. The van der Waals surface area contributed by atoms with Gasteiger partial charge in [-0.15, -0.1) is 0 Å². The second-order valence-corrected chi connectivity index (χ2v) is 28.7. The normalized spacial score (nSPS) is 26.9. The molecule has 264 valence electrons. The maximum absolute atomic E-state index is 15.3. The molecule has 3 aliphatic carbocycles. The van der Waals surface area contributed by atoms with Crippen molar-refractivity contribution in [1.29, 1.82) is 0 Å². The van der Waals surface area contributed by atoms with Crippen LogP contribution < -0.4 is 0 Å². The maximum atomic E-state index is 15.3. The number of hydrogen-bond acceptors (Lipinski definition) is 6. The fraction of sp³-hybridized carbons (Fsp3) is 0.789. The van der Waals surface area contributed by atoms with Crippen LogP contribution in [0, 0.1) is 11.3 Å². The summed E-state index contributed by atoms with van der Waals surface area (Å²) in [5, 5.41) is 1.13. The number of carbonyl (C=O) groups excluding carboxylic acids is 1. The Morgan fingerprint density at radius 3 is 2.13 bits per heavy atom. The summed E-state index contributed by atoms with van der Waals surface area (Å²) < 4.78 is 19.1. The number of fused-ring (bicyclic) bond motifs is 3. The number of nitrogens with zero attached hydrogens (tertiary/aromatic N) is 2. The van der Waals surface area contributed by atoms with E-state index in [2.05, 4.69) is 85.9 Å². The van der Waals surface area contributed by atoms with E-state index in [4.69, 9.17) is 18.6 Å². The van der Waals surface area contributed by atoms with Gasteiger partial charge >= 0.3 is 0 Å². The van der Waals surface area contributed by atoms with E-state index in [0.717, 1.165) is 55.4 Å². The van der Waals surface area contributed by atoms with Gasteiger partial charge in [0.2, 0.25) is 0 Å². The van der Waals surface area contributed by atoms with Crippen molar-refractivity contribution < 1.29 is 18.4 Å². The average Bonchev–Trinajstić information content (AvgIpc) is 3.73. The molecule has 0 N–H and O–H groups in total. The summed E-state index contributed by atoms with van der Waals surface area (Å²) in [6.07, 6.45) is 10.1. The van der Waals surface area contributed by atoms with E-state index < -0.39 is 22.2 Å². The number of rotatable bonds is 12. The third kappa shape index (κ3) is 7.41. The zero-order valence-corrected chi connectivity index (χ0v) is 34.3. The summed E-state index contributed by atoms with van der Waals surface area (Å²) in [7, 11) is -2.02. The average molecular weight is 701 g/mol. The van der Waals surface area contributed by atoms with Crippen molar-refractivity contribution in [2.75, 3.05) is 32.6 Å². The predicted octanol–water partition coefficient (Wildman–Crippen LogP) is 9.33. The van der Waals surface area contributed by atoms with Crippen molar-refractivity contribution in [3.8, 4) is 0 Å². The monoisotopic (exact) mass is 700 g/mol. The van der Waals surface area contributed by atoms with E-state index in [1.807, 2.05) is 12.0 Å². The smallest absolute Gasteiger partial charge is 0.261 e. The first-order valence-electron chi connectivity index (χ1n) is 18.3. The summed E-state index contributed by atoms with van der Waals surface area (Å²) in [5.41, 5.74) is 2.75. The molecule has 2 saturated carbocycles. The Morgan fingerprint density at radius 2 is 1.55 bits per heavy atom. The van der Waals surface area contributed by atoms with E-state index in [-0.39, 0.29) is 27.5 Å². The Bertz CT molecular complexity index is 1320. The molecule has 2 fully saturated rings. The minimum absolute atomic E-state index is 0.112. The molecule has 1 heterocycles. The number of ether oxygens (including phenoxy) is 1. The highest BCUT2D eigenvalue weighted by atomic mass is 32.2. The van der Waals surface area contributed by atoms with Gasteiger partial charge in [-0.05, 0) is 104 Å². The molecular weight excluding hydrogens is 637 g/mol. The molecule has 5 rings (SSSR count). The van der Waals surface area contributed by atoms with Gasteiger partial charge in [0.1, 0.15) is 0 Å². The van der Waals surface area contributed by atoms with Gasteiger partial charge in [0.15, 0.2) is 27.3 Å². The highest BCUT2D eigenvalue weighted by molar-refractivity contribution is 8.13. The minimum atomic E-state index is -1.97. The lowest BCUT2D eigenvalue weighted by Crippen LogP contribution is -2.52. The van der Waals surface area contributed by atoms with Crippen LogP contribution in [0.2, 0.25) is 36.3 Å². The highest BCUT2D eigenvalue weighted by Crippen LogP contribution is 2.62. The Hall–Kier alpha value is -0.976. The van der Waals surface area contributed by atoms with Crippen LogP contribution in [-0.4, -0.2) is 71.3 Å². The molecule has 4 aliphatic rings. The summed E-state index contributed by atoms with van der Waals surface area (Å²) in [5.74, 6) is 1.83. The van der Waals surface area contributed by atoms with Crippen molar-refractivity contribution in [2.45, 2.75) is 147 Å². The van der Waals surface area contributed by atoms with Crippen molar-refractivity contribution in [3.05, 3.63) is 34.9 Å². The molecule has 1 aromatic rings. The maximum Gasteiger partial charge on any atom is 0.261 e. The lowest BCUT2D eigenvalue weighted by molar-refractivity contribution is -0.138. The Labute approximate surface area is 292 Å². The van der Waals surface area contributed by atoms with Crippen LogP contribution in [0.1, 0.15) is 103 Å². The third-order valence-electron chi connectivity index (χ3n) is 12.8. The van der Waals surface area contributed by atoms with Gasteiger partial charge in [-0.2, -0.15) is 0 Å². The van der Waals surface area contributed by atoms with Crippen molar-refractivity contribution >= 4 is 39.5 Å². The van der Waals surface area contributed by atoms with E-state index in [1.165, 1.54) is 36.0 Å². The Morgan fingerprint density at radius 1 is 0.936 bits per heavy atom. The number of benzene rings is 1. The van der Waals surface area contributed by atoms with E-state index in [0.29, 0.717) is 19.8 Å². The zero-order chi connectivity index (χ0) is 34.5. The van der Waals surface area contributed by atoms with Crippen LogP contribution in [0.15, 0.2) is 23.2 Å². The van der Waals surface area contributed by atoms with Crippen LogP contribution >= 0.6 is 11.8 Å². The van der Waals surface area contributed by atoms with E-state index in [1.54, 1.807) is 11.8 Å². The molecule has 9 heteroatoms. The van der Waals surface area contributed by atoms with Gasteiger partial charge in [0.05, 0.1) is 19.3 Å². The molecule has 1 atom stereocenters. The van der Waals surface area contributed by atoms with Gasteiger partial charge in [-0.1, -0.05) is 84.3 Å². The number of hydrogen-bond donors (Lipinski definition) is 0. The number of amides is 1. The number of thioether (sulfide) groups is 1. The van der Waals surface area contributed by atoms with Gasteiger partial charge < -0.3 is 13.6 Å². The molecule has 2 spiro atoms. The molecule has 0 bridgehead atoms. The lowest BCUT2D eigenvalue weighted by atomic mass is 9.61. The lowest BCUT2D eigenvalue weighted by Gasteiger charge is -2.45. The molecule has 1 aliphatic heterocycles. The largest absolute Gasteiger partial charge is 0.416 e. The zero-order valence-electron chi connectivity index (χ0n) is 31.5. The number of aliphatic imine (C=N–C) groups is 1. The summed E-state index contributed by atoms with van der Waals surface area (Å²) in [4.78, 5) is 23.0. The van der Waals surface area contributed by atoms with Gasteiger partial charge in [0.25, 0.3) is 5.91 Å². The third-order valence-corrected chi connectivity index (χ3v) is 22.9. The molecule has 6 nitrogen and oxygen atoms in total. The van der Waals surface area contributed by atoms with Crippen LogP contribution in [0.25, 0.3) is 0 Å². The molecule has 0 saturated heterocycles. The first-order valence-corrected chi connectivity index (χ1v) is 25.1. The molecule has 1 amide bonds. The molecule has 47 heavy (non-hydrogen) atoms. The summed E-state index contributed by atoms with van der Waals surface area (Å²) in [6.45, 7) is 24.6. The Balaban J connectivity index is 1.48. The van der Waals surface area contributed by atoms with Crippen LogP contribution in [0.5, 0.6) is 0 Å². The molecule has 1 aromatic carbocycles. The van der Waals surface area contributed by atoms with Crippen LogP contribution in [0.3, 0.4) is 0 Å². The van der Waals surface area contributed by atoms with Crippen molar-refractivity contribution in [1.82, 2.24) is 4.90 Å². The number of methoxy groups -OCH3 is 1. The standard InChI is InChI=1S/C38H64N2O4SSi2/c1-35(2,3)46(8,9)43-23-22-40-33(41)38(39-34(40)45-25-24-44-47(10,11)36(4,5)6)32-26-29(15-14-28-12-13-28)16-17-30(32)27-37(38)20-18-31(42-7)19-21-37/h16-17,26,28,31H,12-15,18-25,27H2,1-11H3. The SMILES string of the molecule is COC1CCC2(CC1)Cc1ccc(CCC3CC3)cc1C21N=C(SCCO[Si](C)(C)C(C)(C)C)N(CCO[Si](C)(C)C(C)(C)C)C1=O. The van der Waals surface area contributed by atoms with Crippen LogP contribution in [0.4, 0.5) is 0 Å². The number of aryl methyl sites for hydroxylation is 1. The van der Waals surface area contributed by atoms with Gasteiger partial charge in [-0.25, -0.2) is 4.99 Å². The molecule has 1 unspecified atom stereocenters. The van der Waals surface area contributed by atoms with Crippen molar-refractivity contribution in [3.63, 3.8) is 0 Å². The van der Waals surface area contributed by atoms with Gasteiger partial charge in [0, 0.05) is 24.9 Å². The fourth-order valence-electron chi connectivity index (χ4n) is 7.36. The quantitative estimate of drug-likeness (QED) is 0.161. The first-order chi connectivity index (χ1) is 21.9. The minimum Gasteiger partial charge on any atom is -0.416 e.